The van der Waals surface area contributed by atoms with Gasteiger partial charge in [0, 0.05) is 38.1 Å². The minimum absolute atomic E-state index is 0.392. The number of amides is 2. The number of hydrazine groups is 1. The van der Waals surface area contributed by atoms with Crippen molar-refractivity contribution in [2.24, 2.45) is 7.05 Å². The van der Waals surface area contributed by atoms with Crippen molar-refractivity contribution in [3.63, 3.8) is 0 Å². The van der Waals surface area contributed by atoms with Crippen molar-refractivity contribution >= 4 is 28.5 Å². The van der Waals surface area contributed by atoms with Gasteiger partial charge in [-0.3, -0.25) is 25.1 Å². The summed E-state index contributed by atoms with van der Waals surface area (Å²) in [6, 6.07) is 8.82. The van der Waals surface area contributed by atoms with E-state index in [4.69, 9.17) is 0 Å². The van der Waals surface area contributed by atoms with E-state index in [1.165, 1.54) is 0 Å². The highest BCUT2D eigenvalue weighted by Crippen LogP contribution is 2.21. The standard InChI is InChI=1S/C19H22N6O2/c1-11-9-15(16-12(2)23-25(5)17(16)20-11)19(27)22-21-18(26)13-7-6-8-14(10-13)24(3)4/h6-10H,1-5H3,(H,21,26)(H,22,27). The highest BCUT2D eigenvalue weighted by atomic mass is 16.2. The molecule has 2 amide bonds. The number of rotatable bonds is 3. The number of fused-ring (bicyclic) bond motifs is 1. The molecule has 0 saturated carbocycles. The first-order chi connectivity index (χ1) is 12.8. The summed E-state index contributed by atoms with van der Waals surface area (Å²) in [6.07, 6.45) is 0. The van der Waals surface area contributed by atoms with Gasteiger partial charge >= 0.3 is 0 Å². The van der Waals surface area contributed by atoms with Gasteiger partial charge in [-0.2, -0.15) is 5.10 Å². The number of benzene rings is 1. The second-order valence-corrected chi connectivity index (χ2v) is 6.57. The van der Waals surface area contributed by atoms with Crippen molar-refractivity contribution in [3.05, 3.63) is 52.8 Å². The summed E-state index contributed by atoms with van der Waals surface area (Å²) in [5.74, 6) is -0.810. The Labute approximate surface area is 157 Å². The number of aryl methyl sites for hydroxylation is 3. The van der Waals surface area contributed by atoms with Gasteiger partial charge in [-0.05, 0) is 38.1 Å². The van der Waals surface area contributed by atoms with Crippen LogP contribution in [0.1, 0.15) is 32.1 Å². The third kappa shape index (κ3) is 3.59. The van der Waals surface area contributed by atoms with Crippen LogP contribution in [-0.2, 0) is 7.05 Å². The first-order valence-corrected chi connectivity index (χ1v) is 8.47. The van der Waals surface area contributed by atoms with Crippen molar-refractivity contribution in [1.29, 1.82) is 0 Å². The lowest BCUT2D eigenvalue weighted by Crippen LogP contribution is -2.41. The molecule has 27 heavy (non-hydrogen) atoms. The molecule has 0 aliphatic heterocycles. The highest BCUT2D eigenvalue weighted by Gasteiger charge is 2.18. The van der Waals surface area contributed by atoms with Gasteiger partial charge in [0.25, 0.3) is 11.8 Å². The largest absolute Gasteiger partial charge is 0.378 e. The molecular formula is C19H22N6O2. The fourth-order valence-corrected chi connectivity index (χ4v) is 2.93. The number of aromatic nitrogens is 3. The van der Waals surface area contributed by atoms with Gasteiger partial charge in [0.1, 0.15) is 0 Å². The van der Waals surface area contributed by atoms with Crippen LogP contribution >= 0.6 is 0 Å². The molecule has 0 atom stereocenters. The summed E-state index contributed by atoms with van der Waals surface area (Å²) in [7, 11) is 5.57. The zero-order chi connectivity index (χ0) is 19.7. The van der Waals surface area contributed by atoms with Crippen LogP contribution < -0.4 is 15.8 Å². The first-order valence-electron chi connectivity index (χ1n) is 8.47. The van der Waals surface area contributed by atoms with E-state index < -0.39 is 11.8 Å². The van der Waals surface area contributed by atoms with Crippen LogP contribution in [0.15, 0.2) is 30.3 Å². The fourth-order valence-electron chi connectivity index (χ4n) is 2.93. The zero-order valence-corrected chi connectivity index (χ0v) is 16.0. The predicted molar refractivity (Wildman–Crippen MR) is 104 cm³/mol. The molecular weight excluding hydrogens is 344 g/mol. The Kier molecular flexibility index (Phi) is 4.81. The van der Waals surface area contributed by atoms with Gasteiger partial charge in [-0.1, -0.05) is 6.07 Å². The SMILES string of the molecule is Cc1cc(C(=O)NNC(=O)c2cccc(N(C)C)c2)c2c(C)nn(C)c2n1. The number of nitrogens with one attached hydrogen (secondary N) is 2. The lowest BCUT2D eigenvalue weighted by atomic mass is 10.1. The number of nitrogens with zero attached hydrogens (tertiary/aromatic N) is 4. The summed E-state index contributed by atoms with van der Waals surface area (Å²) in [6.45, 7) is 3.63. The second-order valence-electron chi connectivity index (χ2n) is 6.57. The molecule has 140 valence electrons. The summed E-state index contributed by atoms with van der Waals surface area (Å²) in [5, 5.41) is 5.00. The Morgan fingerprint density at radius 1 is 1.07 bits per heavy atom. The van der Waals surface area contributed by atoms with E-state index in [-0.39, 0.29) is 0 Å². The highest BCUT2D eigenvalue weighted by molar-refractivity contribution is 6.07. The van der Waals surface area contributed by atoms with Crippen LogP contribution in [0.4, 0.5) is 5.69 Å². The molecule has 3 aromatic rings. The van der Waals surface area contributed by atoms with Gasteiger partial charge in [0.2, 0.25) is 0 Å². The second kappa shape index (κ2) is 7.06. The topological polar surface area (TPSA) is 92.2 Å². The molecule has 0 aliphatic carbocycles. The van der Waals surface area contributed by atoms with E-state index >= 15 is 0 Å². The average molecular weight is 366 g/mol. The summed E-state index contributed by atoms with van der Waals surface area (Å²) < 4.78 is 1.64. The van der Waals surface area contributed by atoms with Crippen molar-refractivity contribution < 1.29 is 9.59 Å². The maximum absolute atomic E-state index is 12.7. The van der Waals surface area contributed by atoms with E-state index in [0.717, 1.165) is 5.69 Å². The monoisotopic (exact) mass is 366 g/mol. The zero-order valence-electron chi connectivity index (χ0n) is 16.0. The maximum Gasteiger partial charge on any atom is 0.270 e. The smallest absolute Gasteiger partial charge is 0.270 e. The average Bonchev–Trinajstić information content (AvgIpc) is 2.92. The van der Waals surface area contributed by atoms with E-state index in [9.17, 15) is 9.59 Å². The maximum atomic E-state index is 12.7. The fraction of sp³-hybridized carbons (Fsp3) is 0.263. The van der Waals surface area contributed by atoms with E-state index in [1.807, 2.05) is 38.9 Å². The molecule has 8 heteroatoms. The van der Waals surface area contributed by atoms with Crippen LogP contribution in [-0.4, -0.2) is 40.7 Å². The van der Waals surface area contributed by atoms with Crippen LogP contribution in [0.25, 0.3) is 11.0 Å². The van der Waals surface area contributed by atoms with Gasteiger partial charge in [0.05, 0.1) is 16.6 Å². The van der Waals surface area contributed by atoms with Crippen molar-refractivity contribution in [3.8, 4) is 0 Å². The van der Waals surface area contributed by atoms with Crippen LogP contribution in [0.3, 0.4) is 0 Å². The minimum atomic E-state index is -0.418. The molecule has 2 N–H and O–H groups in total. The van der Waals surface area contributed by atoms with E-state index in [1.54, 1.807) is 36.0 Å². The molecule has 0 aliphatic rings. The quantitative estimate of drug-likeness (QED) is 0.689. The third-order valence-corrected chi connectivity index (χ3v) is 4.26. The number of carbonyl (C=O) groups is 2. The van der Waals surface area contributed by atoms with Gasteiger partial charge in [-0.25, -0.2) is 4.98 Å². The Hall–Kier alpha value is -3.42. The van der Waals surface area contributed by atoms with Crippen LogP contribution in [0.2, 0.25) is 0 Å². The Morgan fingerprint density at radius 2 is 1.78 bits per heavy atom. The third-order valence-electron chi connectivity index (χ3n) is 4.26. The van der Waals surface area contributed by atoms with Gasteiger partial charge in [-0.15, -0.1) is 0 Å². The minimum Gasteiger partial charge on any atom is -0.378 e. The summed E-state index contributed by atoms with van der Waals surface area (Å²) >= 11 is 0. The molecule has 8 nitrogen and oxygen atoms in total. The Morgan fingerprint density at radius 3 is 2.48 bits per heavy atom. The van der Waals surface area contributed by atoms with Crippen molar-refractivity contribution in [2.75, 3.05) is 19.0 Å². The predicted octanol–water partition coefficient (Wildman–Crippen LogP) is 1.73. The number of pyridine rings is 1. The van der Waals surface area contributed by atoms with Crippen molar-refractivity contribution in [1.82, 2.24) is 25.6 Å². The lowest BCUT2D eigenvalue weighted by molar-refractivity contribution is 0.0847. The molecule has 0 saturated heterocycles. The molecule has 1 aromatic carbocycles. The molecule has 0 bridgehead atoms. The van der Waals surface area contributed by atoms with E-state index in [2.05, 4.69) is 20.9 Å². The molecule has 3 rings (SSSR count). The molecule has 2 heterocycles. The van der Waals surface area contributed by atoms with Crippen molar-refractivity contribution in [2.45, 2.75) is 13.8 Å². The van der Waals surface area contributed by atoms with Gasteiger partial charge < -0.3 is 4.90 Å². The van der Waals surface area contributed by atoms with E-state index in [0.29, 0.717) is 33.5 Å². The number of hydrogen-bond donors (Lipinski definition) is 2. The Bertz CT molecular complexity index is 1040. The normalized spacial score (nSPS) is 10.7. The molecule has 0 spiro atoms. The van der Waals surface area contributed by atoms with Crippen LogP contribution in [0.5, 0.6) is 0 Å². The molecule has 2 aromatic heterocycles. The summed E-state index contributed by atoms with van der Waals surface area (Å²) in [5.41, 5.74) is 8.75. The Balaban J connectivity index is 1.81. The molecule has 0 fully saturated rings. The van der Waals surface area contributed by atoms with Gasteiger partial charge in [0.15, 0.2) is 5.65 Å². The number of carbonyl (C=O) groups excluding carboxylic acids is 2. The lowest BCUT2D eigenvalue weighted by Gasteiger charge is -2.14. The van der Waals surface area contributed by atoms with Crippen LogP contribution in [0, 0.1) is 13.8 Å². The molecule has 0 unspecified atom stereocenters. The summed E-state index contributed by atoms with van der Waals surface area (Å²) in [4.78, 5) is 31.4. The first kappa shape index (κ1) is 18.4. The number of hydrogen-bond acceptors (Lipinski definition) is 5. The molecule has 0 radical (unpaired) electrons. The number of anilines is 1.